The molecule has 0 spiro atoms. The van der Waals surface area contributed by atoms with E-state index in [1.807, 2.05) is 0 Å². The summed E-state index contributed by atoms with van der Waals surface area (Å²) in [5.41, 5.74) is 5.49. The van der Waals surface area contributed by atoms with Gasteiger partial charge in [0.25, 0.3) is 23.4 Å². The van der Waals surface area contributed by atoms with Gasteiger partial charge in [-0.3, -0.25) is 29.8 Å². The van der Waals surface area contributed by atoms with Gasteiger partial charge < -0.3 is 30.8 Å². The molecular weight excluding hydrogens is 438 g/mol. The van der Waals surface area contributed by atoms with Gasteiger partial charge in [-0.05, 0) is 34.7 Å². The Morgan fingerprint density at radius 3 is 2.55 bits per heavy atom. The average molecular weight is 456 g/mol. The largest absolute Gasteiger partial charge is 0.491 e. The van der Waals surface area contributed by atoms with E-state index in [2.05, 4.69) is 10.6 Å². The maximum absolute atomic E-state index is 12.5. The first-order valence-corrected chi connectivity index (χ1v) is 9.54. The predicted octanol–water partition coefficient (Wildman–Crippen LogP) is -3.49. The third-order valence-corrected chi connectivity index (χ3v) is 4.88. The Kier molecular flexibility index (Phi) is 7.20. The van der Waals surface area contributed by atoms with E-state index in [1.165, 1.54) is 12.1 Å². The number of benzene rings is 2. The smallest absolute Gasteiger partial charge is 0.423 e. The summed E-state index contributed by atoms with van der Waals surface area (Å²) in [6, 6.07) is 5.76. The van der Waals surface area contributed by atoms with Gasteiger partial charge in [-0.15, -0.1) is 0 Å². The van der Waals surface area contributed by atoms with E-state index in [0.29, 0.717) is 11.0 Å². The molecule has 15 heteroatoms. The van der Waals surface area contributed by atoms with E-state index in [0.717, 1.165) is 18.2 Å². The number of carbonyl (C=O) groups excluding carboxylic acids is 3. The number of hydrogen-bond acceptors (Lipinski definition) is 10. The standard InChI is InChI=1S/C18H18B2N4O9/c21-7-15(22-17(26)11-3-12(19(28)29)6-13(4-11)24(31)32)18(27)23-16(25)9-1-2-10-8-33-20(30)14(10)5-9/h1-6,15,28-30H,7-8,21H2,(H,22,26)(H,23,25,27). The topological polar surface area (TPSA) is 214 Å². The highest BCUT2D eigenvalue weighted by Crippen LogP contribution is 2.13. The molecule has 13 nitrogen and oxygen atoms in total. The average Bonchev–Trinajstić information content (AvgIpc) is 3.16. The lowest BCUT2D eigenvalue weighted by molar-refractivity contribution is -0.384. The number of nitro groups is 1. The number of nitrogens with one attached hydrogen (secondary N) is 2. The van der Waals surface area contributed by atoms with Gasteiger partial charge in [-0.1, -0.05) is 6.07 Å². The zero-order valence-electron chi connectivity index (χ0n) is 16.9. The summed E-state index contributed by atoms with van der Waals surface area (Å²) in [5.74, 6) is -2.71. The number of rotatable bonds is 7. The first-order valence-electron chi connectivity index (χ1n) is 9.54. The number of nitrogens with zero attached hydrogens (tertiary/aromatic N) is 1. The lowest BCUT2D eigenvalue weighted by Crippen LogP contribution is -2.52. The number of non-ortho nitro benzene ring substituents is 1. The van der Waals surface area contributed by atoms with Crippen molar-refractivity contribution in [2.75, 3.05) is 6.54 Å². The third-order valence-electron chi connectivity index (χ3n) is 4.88. The molecule has 0 fully saturated rings. The van der Waals surface area contributed by atoms with E-state index in [1.54, 1.807) is 6.07 Å². The summed E-state index contributed by atoms with van der Waals surface area (Å²) < 4.78 is 5.05. The second kappa shape index (κ2) is 9.89. The quantitative estimate of drug-likeness (QED) is 0.137. The van der Waals surface area contributed by atoms with Crippen LogP contribution in [0, 0.1) is 10.1 Å². The summed E-state index contributed by atoms with van der Waals surface area (Å²) in [5, 5.41) is 43.7. The van der Waals surface area contributed by atoms with Gasteiger partial charge in [-0.25, -0.2) is 0 Å². The summed E-state index contributed by atoms with van der Waals surface area (Å²) in [7, 11) is -3.25. The van der Waals surface area contributed by atoms with Crippen molar-refractivity contribution in [2.24, 2.45) is 5.73 Å². The van der Waals surface area contributed by atoms with E-state index < -0.39 is 55.2 Å². The highest BCUT2D eigenvalue weighted by Gasteiger charge is 2.29. The number of fused-ring (bicyclic) bond motifs is 1. The Bertz CT molecular complexity index is 1130. The maximum atomic E-state index is 12.5. The van der Waals surface area contributed by atoms with Crippen LogP contribution in [0.25, 0.3) is 0 Å². The van der Waals surface area contributed by atoms with Crippen molar-refractivity contribution < 1.29 is 39.0 Å². The van der Waals surface area contributed by atoms with Crippen molar-refractivity contribution in [3.8, 4) is 0 Å². The van der Waals surface area contributed by atoms with Crippen LogP contribution in [0.1, 0.15) is 26.3 Å². The Hall–Kier alpha value is -3.62. The van der Waals surface area contributed by atoms with Gasteiger partial charge in [0.1, 0.15) is 6.04 Å². The number of carbonyl (C=O) groups is 3. The molecule has 0 radical (unpaired) electrons. The van der Waals surface area contributed by atoms with Gasteiger partial charge >= 0.3 is 14.2 Å². The molecule has 0 saturated heterocycles. The van der Waals surface area contributed by atoms with Crippen LogP contribution in [-0.4, -0.2) is 64.5 Å². The summed E-state index contributed by atoms with van der Waals surface area (Å²) in [4.78, 5) is 47.7. The Morgan fingerprint density at radius 1 is 1.18 bits per heavy atom. The van der Waals surface area contributed by atoms with Crippen LogP contribution >= 0.6 is 0 Å². The fourth-order valence-electron chi connectivity index (χ4n) is 3.12. The molecule has 0 bridgehead atoms. The van der Waals surface area contributed by atoms with Crippen LogP contribution in [0.15, 0.2) is 36.4 Å². The summed E-state index contributed by atoms with van der Waals surface area (Å²) in [6.07, 6.45) is 0. The fraction of sp³-hybridized carbons (Fsp3) is 0.167. The molecule has 2 aromatic carbocycles. The molecule has 3 amide bonds. The normalized spacial score (nSPS) is 13.2. The van der Waals surface area contributed by atoms with E-state index in [4.69, 9.17) is 10.4 Å². The lowest BCUT2D eigenvalue weighted by atomic mass is 9.79. The zero-order chi connectivity index (χ0) is 24.3. The Balaban J connectivity index is 1.72. The molecule has 1 unspecified atom stereocenters. The van der Waals surface area contributed by atoms with Crippen LogP contribution in [0.3, 0.4) is 0 Å². The zero-order valence-corrected chi connectivity index (χ0v) is 16.9. The van der Waals surface area contributed by atoms with Crippen molar-refractivity contribution in [1.29, 1.82) is 0 Å². The van der Waals surface area contributed by atoms with Crippen molar-refractivity contribution >= 4 is 48.6 Å². The van der Waals surface area contributed by atoms with Crippen molar-refractivity contribution in [1.82, 2.24) is 10.6 Å². The number of nitro benzene ring substituents is 1. The Morgan fingerprint density at radius 2 is 1.91 bits per heavy atom. The highest BCUT2D eigenvalue weighted by atomic mass is 16.6. The first kappa shape index (κ1) is 24.0. The molecule has 1 aliphatic heterocycles. The molecule has 1 aliphatic rings. The van der Waals surface area contributed by atoms with Gasteiger partial charge in [0, 0.05) is 29.8 Å². The summed E-state index contributed by atoms with van der Waals surface area (Å²) in [6.45, 7) is -0.225. The molecule has 0 aromatic heterocycles. The molecule has 170 valence electrons. The van der Waals surface area contributed by atoms with Crippen LogP contribution < -0.4 is 27.3 Å². The van der Waals surface area contributed by atoms with Crippen LogP contribution in [0.5, 0.6) is 0 Å². The van der Waals surface area contributed by atoms with E-state index in [-0.39, 0.29) is 23.2 Å². The first-order chi connectivity index (χ1) is 15.6. The Labute approximate surface area is 187 Å². The molecule has 1 heterocycles. The minimum absolute atomic E-state index is 0.0639. The number of nitrogens with two attached hydrogens (primary N) is 1. The van der Waals surface area contributed by atoms with Gasteiger partial charge in [0.2, 0.25) is 0 Å². The molecule has 3 rings (SSSR count). The van der Waals surface area contributed by atoms with Gasteiger partial charge in [0.05, 0.1) is 11.5 Å². The van der Waals surface area contributed by atoms with Crippen molar-refractivity contribution in [3.05, 3.63) is 63.2 Å². The monoisotopic (exact) mass is 456 g/mol. The van der Waals surface area contributed by atoms with E-state index in [9.17, 15) is 39.6 Å². The number of hydrogen-bond donors (Lipinski definition) is 6. The van der Waals surface area contributed by atoms with Gasteiger partial charge in [-0.2, -0.15) is 0 Å². The van der Waals surface area contributed by atoms with Crippen molar-refractivity contribution in [2.45, 2.75) is 12.6 Å². The minimum Gasteiger partial charge on any atom is -0.423 e. The summed E-state index contributed by atoms with van der Waals surface area (Å²) >= 11 is 0. The molecule has 0 saturated carbocycles. The van der Waals surface area contributed by atoms with Crippen LogP contribution in [0.4, 0.5) is 5.69 Å². The highest BCUT2D eigenvalue weighted by molar-refractivity contribution is 6.61. The van der Waals surface area contributed by atoms with E-state index >= 15 is 0 Å². The third kappa shape index (κ3) is 5.42. The predicted molar refractivity (Wildman–Crippen MR) is 115 cm³/mol. The SMILES string of the molecule is NCC(NC(=O)c1cc(B(O)O)cc([N+](=O)[O-])c1)C(=O)NC(=O)c1ccc2c(c1)B(O)OC2. The fourth-order valence-corrected chi connectivity index (χ4v) is 3.12. The molecular formula is C18H18B2N4O9. The molecule has 0 aliphatic carbocycles. The van der Waals surface area contributed by atoms with Crippen molar-refractivity contribution in [3.63, 3.8) is 0 Å². The molecule has 2 aromatic rings. The molecule has 7 N–H and O–H groups in total. The van der Waals surface area contributed by atoms with Gasteiger partial charge in [0.15, 0.2) is 0 Å². The lowest BCUT2D eigenvalue weighted by Gasteiger charge is -2.16. The number of imide groups is 1. The molecule has 33 heavy (non-hydrogen) atoms. The maximum Gasteiger partial charge on any atom is 0.491 e. The number of amides is 3. The second-order valence-electron chi connectivity index (χ2n) is 7.10. The van der Waals surface area contributed by atoms with Crippen LogP contribution in [-0.2, 0) is 16.1 Å². The minimum atomic E-state index is -2.07. The second-order valence-corrected chi connectivity index (χ2v) is 7.10. The molecule has 1 atom stereocenters. The van der Waals surface area contributed by atoms with Crippen LogP contribution in [0.2, 0.25) is 0 Å².